The average Bonchev–Trinajstić information content (AvgIpc) is 1.83. The third-order valence-electron chi connectivity index (χ3n) is 2.57. The van der Waals surface area contributed by atoms with Gasteiger partial charge in [-0.15, -0.1) is 0 Å². The molecular formula is C8H18O2Si. The first-order valence-corrected chi connectivity index (χ1v) is 7.32. The normalized spacial score (nSPS) is 12.9. The van der Waals surface area contributed by atoms with Gasteiger partial charge in [-0.3, -0.25) is 4.79 Å². The van der Waals surface area contributed by atoms with Crippen molar-refractivity contribution in [3.8, 4) is 0 Å². The van der Waals surface area contributed by atoms with Crippen molar-refractivity contribution in [2.75, 3.05) is 7.11 Å². The third-order valence-corrected chi connectivity index (χ3v) is 6.52. The van der Waals surface area contributed by atoms with Crippen molar-refractivity contribution in [3.05, 3.63) is 0 Å². The Labute approximate surface area is 69.9 Å². The second-order valence-corrected chi connectivity index (χ2v) is 10.1. The molecule has 0 rings (SSSR count). The van der Waals surface area contributed by atoms with Gasteiger partial charge < -0.3 is 4.74 Å². The predicted molar refractivity (Wildman–Crippen MR) is 49.4 cm³/mol. The van der Waals surface area contributed by atoms with Crippen molar-refractivity contribution in [1.82, 2.24) is 0 Å². The van der Waals surface area contributed by atoms with Crippen molar-refractivity contribution < 1.29 is 9.53 Å². The van der Waals surface area contributed by atoms with E-state index in [1.807, 2.05) is 13.8 Å². The van der Waals surface area contributed by atoms with Crippen molar-refractivity contribution >= 4 is 14.0 Å². The average molecular weight is 174 g/mol. The number of esters is 1. The van der Waals surface area contributed by atoms with Crippen LogP contribution in [0.15, 0.2) is 0 Å². The molecule has 0 aliphatic carbocycles. The first-order valence-electron chi connectivity index (χ1n) is 3.82. The van der Waals surface area contributed by atoms with Crippen LogP contribution in [-0.4, -0.2) is 21.2 Å². The number of methoxy groups -OCH3 is 1. The summed E-state index contributed by atoms with van der Waals surface area (Å²) in [5.41, 5.74) is 0. The van der Waals surface area contributed by atoms with Crippen LogP contribution in [0.25, 0.3) is 0 Å². The Morgan fingerprint density at radius 3 is 1.73 bits per heavy atom. The van der Waals surface area contributed by atoms with E-state index in [9.17, 15) is 4.79 Å². The number of hydrogen-bond donors (Lipinski definition) is 0. The predicted octanol–water partition coefficient (Wildman–Crippen LogP) is 2.28. The monoisotopic (exact) mass is 174 g/mol. The van der Waals surface area contributed by atoms with Crippen LogP contribution in [0.2, 0.25) is 24.7 Å². The minimum absolute atomic E-state index is 0.0864. The van der Waals surface area contributed by atoms with Gasteiger partial charge in [0.25, 0.3) is 0 Å². The van der Waals surface area contributed by atoms with Gasteiger partial charge in [-0.1, -0.05) is 33.5 Å². The second-order valence-electron chi connectivity index (χ2n) is 4.37. The number of carbonyl (C=O) groups excluding carboxylic acids is 1. The maximum Gasteiger partial charge on any atom is 0.308 e. The molecule has 0 atom stereocenters. The lowest BCUT2D eigenvalue weighted by molar-refractivity contribution is -0.143. The lowest BCUT2D eigenvalue weighted by atomic mass is 10.2. The van der Waals surface area contributed by atoms with E-state index in [-0.39, 0.29) is 11.0 Å². The van der Waals surface area contributed by atoms with Crippen molar-refractivity contribution in [1.29, 1.82) is 0 Å². The smallest absolute Gasteiger partial charge is 0.308 e. The minimum Gasteiger partial charge on any atom is -0.469 e. The summed E-state index contributed by atoms with van der Waals surface area (Å²) in [6, 6.07) is 0. The van der Waals surface area contributed by atoms with E-state index in [0.29, 0.717) is 0 Å². The first kappa shape index (κ1) is 10.7. The first-order chi connectivity index (χ1) is 4.73. The zero-order chi connectivity index (χ0) is 9.28. The Hall–Kier alpha value is -0.313. The summed E-state index contributed by atoms with van der Waals surface area (Å²) >= 11 is 0. The fourth-order valence-corrected chi connectivity index (χ4v) is 1.28. The van der Waals surface area contributed by atoms with Gasteiger partial charge in [0.1, 0.15) is 0 Å². The van der Waals surface area contributed by atoms with Crippen LogP contribution in [0.4, 0.5) is 0 Å². The van der Waals surface area contributed by atoms with E-state index in [1.54, 1.807) is 0 Å². The summed E-state index contributed by atoms with van der Waals surface area (Å²) in [6.45, 7) is 10.4. The van der Waals surface area contributed by atoms with Gasteiger partial charge in [0.15, 0.2) is 0 Å². The van der Waals surface area contributed by atoms with E-state index in [1.165, 1.54) is 7.11 Å². The van der Waals surface area contributed by atoms with Crippen LogP contribution in [0.1, 0.15) is 13.8 Å². The van der Waals surface area contributed by atoms with Gasteiger partial charge in [0.2, 0.25) is 0 Å². The Morgan fingerprint density at radius 2 is 1.64 bits per heavy atom. The fraction of sp³-hybridized carbons (Fsp3) is 0.875. The lowest BCUT2D eigenvalue weighted by Crippen LogP contribution is -2.41. The van der Waals surface area contributed by atoms with E-state index in [0.717, 1.165) is 0 Å². The molecule has 0 spiro atoms. The topological polar surface area (TPSA) is 26.3 Å². The molecule has 0 aromatic carbocycles. The number of rotatable bonds is 2. The molecule has 66 valence electrons. The van der Waals surface area contributed by atoms with E-state index >= 15 is 0 Å². The van der Waals surface area contributed by atoms with Crippen LogP contribution < -0.4 is 0 Å². The molecule has 3 heteroatoms. The van der Waals surface area contributed by atoms with E-state index in [4.69, 9.17) is 4.74 Å². The summed E-state index contributed by atoms with van der Waals surface area (Å²) < 4.78 is 4.74. The summed E-state index contributed by atoms with van der Waals surface area (Å²) in [4.78, 5) is 11.3. The van der Waals surface area contributed by atoms with Crippen molar-refractivity contribution in [3.63, 3.8) is 0 Å². The van der Waals surface area contributed by atoms with E-state index < -0.39 is 8.07 Å². The maximum atomic E-state index is 11.3. The molecule has 11 heavy (non-hydrogen) atoms. The third kappa shape index (κ3) is 2.06. The summed E-state index contributed by atoms with van der Waals surface area (Å²) in [6.07, 6.45) is 0. The lowest BCUT2D eigenvalue weighted by Gasteiger charge is -2.33. The minimum atomic E-state index is -1.44. The molecule has 0 saturated heterocycles. The fourth-order valence-electron chi connectivity index (χ4n) is 0.561. The molecule has 0 aromatic heterocycles. The molecule has 0 heterocycles. The molecule has 0 aliphatic heterocycles. The number of ether oxygens (including phenoxy) is 1. The second kappa shape index (κ2) is 2.97. The SMILES string of the molecule is COC(=O)C(C)(C)[Si](C)(C)C. The summed E-state index contributed by atoms with van der Waals surface area (Å²) in [5, 5.41) is -0.276. The number of carbonyl (C=O) groups is 1. The highest BCUT2D eigenvalue weighted by molar-refractivity contribution is 6.82. The largest absolute Gasteiger partial charge is 0.469 e. The van der Waals surface area contributed by atoms with Gasteiger partial charge in [0, 0.05) is 0 Å². The molecule has 0 aromatic rings. The highest BCUT2D eigenvalue weighted by atomic mass is 28.3. The molecule has 0 radical (unpaired) electrons. The molecule has 0 N–H and O–H groups in total. The van der Waals surface area contributed by atoms with Crippen LogP contribution in [-0.2, 0) is 9.53 Å². The van der Waals surface area contributed by atoms with E-state index in [2.05, 4.69) is 19.6 Å². The van der Waals surface area contributed by atoms with Gasteiger partial charge in [-0.2, -0.15) is 0 Å². The number of hydrogen-bond acceptors (Lipinski definition) is 2. The van der Waals surface area contributed by atoms with Crippen molar-refractivity contribution in [2.24, 2.45) is 0 Å². The zero-order valence-electron chi connectivity index (χ0n) is 8.32. The molecular weight excluding hydrogens is 156 g/mol. The molecule has 0 amide bonds. The summed E-state index contributed by atoms with van der Waals surface area (Å²) in [7, 11) is 0.00521. The molecule has 2 nitrogen and oxygen atoms in total. The molecule has 0 aliphatic rings. The van der Waals surface area contributed by atoms with Crippen LogP contribution in [0.3, 0.4) is 0 Å². The van der Waals surface area contributed by atoms with Crippen LogP contribution >= 0.6 is 0 Å². The maximum absolute atomic E-state index is 11.3. The van der Waals surface area contributed by atoms with Crippen LogP contribution in [0, 0.1) is 0 Å². The molecule has 0 unspecified atom stereocenters. The van der Waals surface area contributed by atoms with Gasteiger partial charge >= 0.3 is 5.97 Å². The molecule has 0 saturated carbocycles. The Balaban J connectivity index is 4.59. The Kier molecular flexibility index (Phi) is 2.89. The van der Waals surface area contributed by atoms with Gasteiger partial charge in [-0.05, 0) is 0 Å². The Morgan fingerprint density at radius 1 is 1.27 bits per heavy atom. The standard InChI is InChI=1S/C8H18O2Si/c1-8(2,7(9)10-3)11(4,5)6/h1-6H3. The quantitative estimate of drug-likeness (QED) is 0.474. The zero-order valence-corrected chi connectivity index (χ0v) is 9.32. The van der Waals surface area contributed by atoms with Gasteiger partial charge in [-0.25, -0.2) is 0 Å². The molecule has 0 bridgehead atoms. The van der Waals surface area contributed by atoms with Gasteiger partial charge in [0.05, 0.1) is 20.2 Å². The highest BCUT2D eigenvalue weighted by Gasteiger charge is 2.42. The van der Waals surface area contributed by atoms with Crippen molar-refractivity contribution in [2.45, 2.75) is 38.5 Å². The molecule has 0 fully saturated rings. The summed E-state index contributed by atoms with van der Waals surface area (Å²) in [5.74, 6) is -0.0864. The Bertz CT molecular complexity index is 156. The van der Waals surface area contributed by atoms with Crippen LogP contribution in [0.5, 0.6) is 0 Å². The highest BCUT2D eigenvalue weighted by Crippen LogP contribution is 2.37.